The van der Waals surface area contributed by atoms with Crippen LogP contribution >= 0.6 is 0 Å². The largest absolute Gasteiger partial charge is 0.399 e. The third-order valence-corrected chi connectivity index (χ3v) is 4.02. The van der Waals surface area contributed by atoms with Gasteiger partial charge in [-0.15, -0.1) is 0 Å². The van der Waals surface area contributed by atoms with Gasteiger partial charge in [0.25, 0.3) is 5.91 Å². The summed E-state index contributed by atoms with van der Waals surface area (Å²) in [6.45, 7) is 0.723. The van der Waals surface area contributed by atoms with Crippen LogP contribution in [0, 0.1) is 0 Å². The number of carbonyl (C=O) groups excluding carboxylic acids is 2. The van der Waals surface area contributed by atoms with Gasteiger partial charge in [0.2, 0.25) is 5.91 Å². The fraction of sp³-hybridized carbons (Fsp3) is 0.333. The summed E-state index contributed by atoms with van der Waals surface area (Å²) in [5.41, 5.74) is 6.00. The molecule has 0 aliphatic carbocycles. The van der Waals surface area contributed by atoms with Gasteiger partial charge >= 0.3 is 0 Å². The highest BCUT2D eigenvalue weighted by Gasteiger charge is 2.23. The molecule has 0 radical (unpaired) electrons. The van der Waals surface area contributed by atoms with Gasteiger partial charge in [-0.05, 0) is 18.2 Å². The first-order valence-corrected chi connectivity index (χ1v) is 7.83. The highest BCUT2D eigenvalue weighted by molar-refractivity contribution is 7.90. The molecule has 1 heterocycles. The average Bonchev–Trinajstić information content (AvgIpc) is 2.36. The van der Waals surface area contributed by atoms with Crippen molar-refractivity contribution in [2.24, 2.45) is 0 Å². The highest BCUT2D eigenvalue weighted by Crippen LogP contribution is 2.18. The minimum Gasteiger partial charge on any atom is -0.399 e. The number of anilines is 1. The van der Waals surface area contributed by atoms with Crippen LogP contribution in [0.15, 0.2) is 23.1 Å². The molecule has 0 saturated carbocycles. The van der Waals surface area contributed by atoms with E-state index in [4.69, 9.17) is 5.73 Å². The first-order valence-electron chi connectivity index (χ1n) is 5.94. The van der Waals surface area contributed by atoms with E-state index in [1.165, 1.54) is 23.1 Å². The number of rotatable bonds is 2. The number of benzene rings is 1. The summed E-state index contributed by atoms with van der Waals surface area (Å²) < 4.78 is 23.1. The molecule has 1 aliphatic heterocycles. The predicted molar refractivity (Wildman–Crippen MR) is 72.9 cm³/mol. The van der Waals surface area contributed by atoms with E-state index in [0.717, 1.165) is 6.26 Å². The Morgan fingerprint density at radius 2 is 2.05 bits per heavy atom. The fourth-order valence-corrected chi connectivity index (χ4v) is 2.65. The number of carbonyl (C=O) groups is 2. The summed E-state index contributed by atoms with van der Waals surface area (Å²) in [5, 5.41) is 2.61. The maximum Gasteiger partial charge on any atom is 0.254 e. The number of nitrogen functional groups attached to an aromatic ring is 1. The number of piperazine rings is 1. The maximum absolute atomic E-state index is 12.3. The first-order chi connectivity index (χ1) is 9.27. The molecule has 1 aromatic carbocycles. The van der Waals surface area contributed by atoms with Crippen LogP contribution in [0.25, 0.3) is 0 Å². The molecule has 3 N–H and O–H groups in total. The molecule has 0 atom stereocenters. The van der Waals surface area contributed by atoms with Crippen molar-refractivity contribution >= 4 is 27.3 Å². The van der Waals surface area contributed by atoms with Gasteiger partial charge in [0.1, 0.15) is 0 Å². The molecule has 1 fully saturated rings. The molecule has 20 heavy (non-hydrogen) atoms. The van der Waals surface area contributed by atoms with Crippen LogP contribution in [0.2, 0.25) is 0 Å². The van der Waals surface area contributed by atoms with E-state index in [-0.39, 0.29) is 28.6 Å². The van der Waals surface area contributed by atoms with E-state index in [9.17, 15) is 18.0 Å². The zero-order valence-corrected chi connectivity index (χ0v) is 11.7. The lowest BCUT2D eigenvalue weighted by Gasteiger charge is -2.26. The fourth-order valence-electron chi connectivity index (χ4n) is 1.95. The van der Waals surface area contributed by atoms with Crippen LogP contribution in [-0.4, -0.2) is 51.0 Å². The summed E-state index contributed by atoms with van der Waals surface area (Å²) in [7, 11) is -3.45. The third kappa shape index (κ3) is 3.08. The Bertz CT molecular complexity index is 669. The number of sulfone groups is 1. The Hall–Kier alpha value is -2.09. The topological polar surface area (TPSA) is 110 Å². The Morgan fingerprint density at radius 3 is 2.65 bits per heavy atom. The zero-order valence-electron chi connectivity index (χ0n) is 10.9. The van der Waals surface area contributed by atoms with Crippen LogP contribution < -0.4 is 11.1 Å². The highest BCUT2D eigenvalue weighted by atomic mass is 32.2. The summed E-state index contributed by atoms with van der Waals surface area (Å²) >= 11 is 0. The normalized spacial score (nSPS) is 15.8. The molecule has 1 aromatic rings. The molecular weight excluding hydrogens is 282 g/mol. The van der Waals surface area contributed by atoms with Crippen molar-refractivity contribution in [3.8, 4) is 0 Å². The van der Waals surface area contributed by atoms with Gasteiger partial charge in [-0.1, -0.05) is 0 Å². The van der Waals surface area contributed by atoms with Crippen molar-refractivity contribution in [2.45, 2.75) is 4.90 Å². The van der Waals surface area contributed by atoms with Crippen LogP contribution in [0.4, 0.5) is 5.69 Å². The summed E-state index contributed by atoms with van der Waals surface area (Å²) in [6, 6.07) is 3.99. The standard InChI is InChI=1S/C12H15N3O4S/c1-20(18,19)10-5-8(4-9(13)6-10)12(17)15-3-2-14-11(16)7-15/h4-6H,2-3,7,13H2,1H3,(H,14,16). The molecule has 0 spiro atoms. The second-order valence-corrected chi connectivity index (χ2v) is 6.66. The Labute approximate surface area is 116 Å². The molecular formula is C12H15N3O4S. The molecule has 7 nitrogen and oxygen atoms in total. The van der Waals surface area contributed by atoms with E-state index >= 15 is 0 Å². The maximum atomic E-state index is 12.3. The van der Waals surface area contributed by atoms with Crippen LogP contribution in [0.5, 0.6) is 0 Å². The quantitative estimate of drug-likeness (QED) is 0.698. The Balaban J connectivity index is 2.35. The molecule has 1 aliphatic rings. The molecule has 8 heteroatoms. The lowest BCUT2D eigenvalue weighted by atomic mass is 10.1. The van der Waals surface area contributed by atoms with E-state index < -0.39 is 15.7 Å². The number of nitrogens with two attached hydrogens (primary N) is 1. The Kier molecular flexibility index (Phi) is 3.67. The molecule has 0 unspecified atom stereocenters. The summed E-state index contributed by atoms with van der Waals surface area (Å²) in [4.78, 5) is 24.9. The molecule has 2 amide bonds. The van der Waals surface area contributed by atoms with Crippen molar-refractivity contribution < 1.29 is 18.0 Å². The van der Waals surface area contributed by atoms with Gasteiger partial charge in [-0.2, -0.15) is 0 Å². The second kappa shape index (κ2) is 5.12. The molecule has 2 rings (SSSR count). The van der Waals surface area contributed by atoms with Gasteiger partial charge < -0.3 is 16.0 Å². The summed E-state index contributed by atoms with van der Waals surface area (Å²) in [5.74, 6) is -0.645. The molecule has 1 saturated heterocycles. The van der Waals surface area contributed by atoms with Gasteiger partial charge in [0.15, 0.2) is 9.84 Å². The Morgan fingerprint density at radius 1 is 1.35 bits per heavy atom. The van der Waals surface area contributed by atoms with Gasteiger partial charge in [0.05, 0.1) is 11.4 Å². The van der Waals surface area contributed by atoms with Gasteiger partial charge in [0, 0.05) is 30.6 Å². The van der Waals surface area contributed by atoms with Gasteiger partial charge in [-0.3, -0.25) is 9.59 Å². The molecule has 108 valence electrons. The van der Waals surface area contributed by atoms with Crippen LogP contribution in [0.1, 0.15) is 10.4 Å². The van der Waals surface area contributed by atoms with Crippen LogP contribution in [0.3, 0.4) is 0 Å². The van der Waals surface area contributed by atoms with Crippen molar-refractivity contribution in [2.75, 3.05) is 31.6 Å². The van der Waals surface area contributed by atoms with E-state index in [1.54, 1.807) is 0 Å². The predicted octanol–water partition coefficient (Wildman–Crippen LogP) is -0.756. The van der Waals surface area contributed by atoms with Crippen molar-refractivity contribution in [1.82, 2.24) is 10.2 Å². The number of nitrogens with zero attached hydrogens (tertiary/aromatic N) is 1. The lowest BCUT2D eigenvalue weighted by Crippen LogP contribution is -2.50. The molecule has 0 bridgehead atoms. The van der Waals surface area contributed by atoms with E-state index in [1.807, 2.05) is 0 Å². The molecule has 0 aromatic heterocycles. The third-order valence-electron chi connectivity index (χ3n) is 2.93. The van der Waals surface area contributed by atoms with Crippen molar-refractivity contribution in [3.63, 3.8) is 0 Å². The average molecular weight is 297 g/mol. The van der Waals surface area contributed by atoms with Crippen molar-refractivity contribution in [3.05, 3.63) is 23.8 Å². The number of hydrogen-bond acceptors (Lipinski definition) is 5. The minimum absolute atomic E-state index is 0.0117. The monoisotopic (exact) mass is 297 g/mol. The summed E-state index contributed by atoms with van der Waals surface area (Å²) in [6.07, 6.45) is 1.05. The number of nitrogens with one attached hydrogen (secondary N) is 1. The number of amides is 2. The lowest BCUT2D eigenvalue weighted by molar-refractivity contribution is -0.123. The second-order valence-electron chi connectivity index (χ2n) is 4.64. The first kappa shape index (κ1) is 14.3. The smallest absolute Gasteiger partial charge is 0.254 e. The van der Waals surface area contributed by atoms with E-state index in [2.05, 4.69) is 5.32 Å². The minimum atomic E-state index is -3.45. The van der Waals surface area contributed by atoms with E-state index in [0.29, 0.717) is 13.1 Å². The van der Waals surface area contributed by atoms with Crippen molar-refractivity contribution in [1.29, 1.82) is 0 Å². The SMILES string of the molecule is CS(=O)(=O)c1cc(N)cc(C(=O)N2CCNC(=O)C2)c1. The zero-order chi connectivity index (χ0) is 14.9. The number of hydrogen-bond donors (Lipinski definition) is 2. The van der Waals surface area contributed by atoms with Gasteiger partial charge in [-0.25, -0.2) is 8.42 Å². The van der Waals surface area contributed by atoms with Crippen LogP contribution in [-0.2, 0) is 14.6 Å².